The maximum absolute atomic E-state index is 12.8. The molecule has 1 saturated carbocycles. The number of carbonyl (C=O) groups excluding carboxylic acids is 1. The molecule has 3 rings (SSSR count). The van der Waals surface area contributed by atoms with Gasteiger partial charge in [-0.2, -0.15) is 0 Å². The normalized spacial score (nSPS) is 23.1. The van der Waals surface area contributed by atoms with Crippen LogP contribution in [0.3, 0.4) is 0 Å². The molecule has 0 bridgehead atoms. The second-order valence-corrected chi connectivity index (χ2v) is 6.26. The number of rotatable bonds is 3. The van der Waals surface area contributed by atoms with Gasteiger partial charge in [0.2, 0.25) is 0 Å². The zero-order valence-electron chi connectivity index (χ0n) is 12.8. The number of nitrogens with one attached hydrogen (secondary N) is 1. The lowest BCUT2D eigenvalue weighted by Crippen LogP contribution is -2.47. The predicted molar refractivity (Wildman–Crippen MR) is 80.2 cm³/mol. The summed E-state index contributed by atoms with van der Waals surface area (Å²) in [5, 5.41) is 3.30. The second kappa shape index (κ2) is 5.24. The summed E-state index contributed by atoms with van der Waals surface area (Å²) in [6.07, 6.45) is 4.78. The van der Waals surface area contributed by atoms with Gasteiger partial charge in [0, 0.05) is 36.6 Å². The summed E-state index contributed by atoms with van der Waals surface area (Å²) in [6, 6.07) is 3.17. The Kier molecular flexibility index (Phi) is 3.59. The largest absolute Gasteiger partial charge is 0.345 e. The van der Waals surface area contributed by atoms with E-state index in [0.717, 1.165) is 30.8 Å². The van der Waals surface area contributed by atoms with Gasteiger partial charge < -0.3 is 14.8 Å². The van der Waals surface area contributed by atoms with Crippen LogP contribution in [0.25, 0.3) is 0 Å². The third kappa shape index (κ3) is 2.37. The smallest absolute Gasteiger partial charge is 0.255 e. The highest BCUT2D eigenvalue weighted by Gasteiger charge is 2.30. The second-order valence-electron chi connectivity index (χ2n) is 6.26. The fourth-order valence-corrected chi connectivity index (χ4v) is 3.46. The summed E-state index contributed by atoms with van der Waals surface area (Å²) < 4.78 is 2.35. The maximum atomic E-state index is 12.8. The van der Waals surface area contributed by atoms with E-state index in [1.54, 1.807) is 0 Å². The summed E-state index contributed by atoms with van der Waals surface area (Å²) in [6.45, 7) is 5.94. The Morgan fingerprint density at radius 1 is 1.30 bits per heavy atom. The van der Waals surface area contributed by atoms with Crippen LogP contribution in [-0.4, -0.2) is 41.6 Å². The van der Waals surface area contributed by atoms with Crippen LogP contribution in [0.1, 0.15) is 53.5 Å². The van der Waals surface area contributed by atoms with Gasteiger partial charge in [-0.15, -0.1) is 0 Å². The molecule has 1 amide bonds. The number of hydrogen-bond donors (Lipinski definition) is 1. The predicted octanol–water partition coefficient (Wildman–Crippen LogP) is 2.26. The SMILES string of the molecule is CN[C@@H]1CCCN(C(=O)c2cc(C)n(C3CC3)c2C)C1. The molecule has 2 aliphatic rings. The molecule has 1 saturated heterocycles. The Morgan fingerprint density at radius 2 is 2.05 bits per heavy atom. The number of amides is 1. The molecule has 0 aromatic carbocycles. The Bertz CT molecular complexity index is 516. The number of likely N-dealkylation sites (tertiary alicyclic amines) is 1. The van der Waals surface area contributed by atoms with E-state index in [1.165, 1.54) is 25.0 Å². The molecule has 4 heteroatoms. The van der Waals surface area contributed by atoms with Crippen LogP contribution >= 0.6 is 0 Å². The van der Waals surface area contributed by atoms with Crippen molar-refractivity contribution in [2.24, 2.45) is 0 Å². The van der Waals surface area contributed by atoms with Crippen LogP contribution in [0.5, 0.6) is 0 Å². The first-order valence-corrected chi connectivity index (χ1v) is 7.76. The van der Waals surface area contributed by atoms with E-state index in [9.17, 15) is 4.79 Å². The molecule has 110 valence electrons. The Hall–Kier alpha value is -1.29. The van der Waals surface area contributed by atoms with Gasteiger partial charge in [-0.1, -0.05) is 0 Å². The molecule has 2 fully saturated rings. The molecule has 0 radical (unpaired) electrons. The minimum Gasteiger partial charge on any atom is -0.345 e. The molecule has 1 aliphatic heterocycles. The van der Waals surface area contributed by atoms with E-state index < -0.39 is 0 Å². The zero-order valence-corrected chi connectivity index (χ0v) is 12.8. The first-order valence-electron chi connectivity index (χ1n) is 7.76. The molecule has 1 atom stereocenters. The van der Waals surface area contributed by atoms with Crippen LogP contribution in [0.15, 0.2) is 6.07 Å². The fourth-order valence-electron chi connectivity index (χ4n) is 3.46. The van der Waals surface area contributed by atoms with Crippen molar-refractivity contribution in [3.63, 3.8) is 0 Å². The van der Waals surface area contributed by atoms with E-state index in [-0.39, 0.29) is 5.91 Å². The van der Waals surface area contributed by atoms with Gasteiger partial charge in [-0.25, -0.2) is 0 Å². The number of nitrogens with zero attached hydrogens (tertiary/aromatic N) is 2. The van der Waals surface area contributed by atoms with Crippen LogP contribution in [0.2, 0.25) is 0 Å². The molecule has 4 nitrogen and oxygen atoms in total. The summed E-state index contributed by atoms with van der Waals surface area (Å²) in [5.41, 5.74) is 3.29. The van der Waals surface area contributed by atoms with Crippen molar-refractivity contribution in [3.8, 4) is 0 Å². The van der Waals surface area contributed by atoms with Crippen LogP contribution < -0.4 is 5.32 Å². The monoisotopic (exact) mass is 275 g/mol. The standard InChI is InChI=1S/C16H25N3O/c1-11-9-15(12(2)19(11)14-6-7-14)16(20)18-8-4-5-13(10-18)17-3/h9,13-14,17H,4-8,10H2,1-3H3/t13-/m1/s1. The molecular weight excluding hydrogens is 250 g/mol. The van der Waals surface area contributed by atoms with Crippen molar-refractivity contribution in [3.05, 3.63) is 23.0 Å². The summed E-state index contributed by atoms with van der Waals surface area (Å²) in [5.74, 6) is 0.213. The molecule has 1 N–H and O–H groups in total. The topological polar surface area (TPSA) is 37.3 Å². The molecule has 0 unspecified atom stereocenters. The Labute approximate surface area is 121 Å². The van der Waals surface area contributed by atoms with Crippen molar-refractivity contribution in [2.75, 3.05) is 20.1 Å². The third-order valence-electron chi connectivity index (χ3n) is 4.74. The highest BCUT2D eigenvalue weighted by atomic mass is 16.2. The highest BCUT2D eigenvalue weighted by Crippen LogP contribution is 2.38. The lowest BCUT2D eigenvalue weighted by atomic mass is 10.0. The van der Waals surface area contributed by atoms with E-state index >= 15 is 0 Å². The molecule has 1 aliphatic carbocycles. The average molecular weight is 275 g/mol. The number of aryl methyl sites for hydroxylation is 1. The van der Waals surface area contributed by atoms with Crippen molar-refractivity contribution >= 4 is 5.91 Å². The van der Waals surface area contributed by atoms with E-state index in [0.29, 0.717) is 12.1 Å². The number of likely N-dealkylation sites (N-methyl/N-ethyl adjacent to an activating group) is 1. The average Bonchev–Trinajstić information content (AvgIpc) is 3.24. The van der Waals surface area contributed by atoms with E-state index in [4.69, 9.17) is 0 Å². The molecule has 2 heterocycles. The van der Waals surface area contributed by atoms with Gasteiger partial charge in [0.15, 0.2) is 0 Å². The van der Waals surface area contributed by atoms with Crippen molar-refractivity contribution in [1.29, 1.82) is 0 Å². The van der Waals surface area contributed by atoms with Gasteiger partial charge in [-0.05, 0) is 52.6 Å². The molecule has 1 aromatic rings. The van der Waals surface area contributed by atoms with E-state index in [2.05, 4.69) is 29.8 Å². The highest BCUT2D eigenvalue weighted by molar-refractivity contribution is 5.95. The first-order chi connectivity index (χ1) is 9.61. The van der Waals surface area contributed by atoms with Crippen LogP contribution in [0.4, 0.5) is 0 Å². The summed E-state index contributed by atoms with van der Waals surface area (Å²) >= 11 is 0. The van der Waals surface area contributed by atoms with Crippen LogP contribution in [-0.2, 0) is 0 Å². The summed E-state index contributed by atoms with van der Waals surface area (Å²) in [4.78, 5) is 14.8. The Morgan fingerprint density at radius 3 is 2.70 bits per heavy atom. The van der Waals surface area contributed by atoms with Crippen molar-refractivity contribution in [1.82, 2.24) is 14.8 Å². The fraction of sp³-hybridized carbons (Fsp3) is 0.688. The maximum Gasteiger partial charge on any atom is 0.255 e. The zero-order chi connectivity index (χ0) is 14.3. The van der Waals surface area contributed by atoms with E-state index in [1.807, 2.05) is 11.9 Å². The third-order valence-corrected chi connectivity index (χ3v) is 4.74. The number of aromatic nitrogens is 1. The van der Waals surface area contributed by atoms with Gasteiger partial charge in [0.05, 0.1) is 5.56 Å². The number of piperidine rings is 1. The molecular formula is C16H25N3O. The number of carbonyl (C=O) groups is 1. The van der Waals surface area contributed by atoms with Crippen LogP contribution in [0, 0.1) is 13.8 Å². The van der Waals surface area contributed by atoms with Gasteiger partial charge in [-0.3, -0.25) is 4.79 Å². The van der Waals surface area contributed by atoms with Crippen molar-refractivity contribution < 1.29 is 4.79 Å². The minimum atomic E-state index is 0.213. The van der Waals surface area contributed by atoms with Crippen molar-refractivity contribution in [2.45, 2.75) is 51.6 Å². The first kappa shape index (κ1) is 13.7. The number of hydrogen-bond acceptors (Lipinski definition) is 2. The lowest BCUT2D eigenvalue weighted by Gasteiger charge is -2.32. The van der Waals surface area contributed by atoms with Gasteiger partial charge in [0.25, 0.3) is 5.91 Å². The molecule has 0 spiro atoms. The van der Waals surface area contributed by atoms with Gasteiger partial charge >= 0.3 is 0 Å². The molecule has 1 aromatic heterocycles. The Balaban J connectivity index is 1.81. The lowest BCUT2D eigenvalue weighted by molar-refractivity contribution is 0.0697. The minimum absolute atomic E-state index is 0.213. The van der Waals surface area contributed by atoms with Gasteiger partial charge in [0.1, 0.15) is 0 Å². The molecule has 20 heavy (non-hydrogen) atoms. The quantitative estimate of drug-likeness (QED) is 0.919. The summed E-state index contributed by atoms with van der Waals surface area (Å²) in [7, 11) is 1.98.